The molecule has 0 radical (unpaired) electrons. The maximum Gasteiger partial charge on any atom is 0.217 e. The van der Waals surface area contributed by atoms with Crippen molar-refractivity contribution in [3.8, 4) is 0 Å². The predicted molar refractivity (Wildman–Crippen MR) is 47.3 cm³/mol. The zero-order valence-electron chi connectivity index (χ0n) is 8.33. The fraction of sp³-hybridized carbons (Fsp3) is 0.778. The van der Waals surface area contributed by atoms with Crippen LogP contribution < -0.4 is 0 Å². The van der Waals surface area contributed by atoms with Crippen molar-refractivity contribution in [2.24, 2.45) is 0 Å². The van der Waals surface area contributed by atoms with E-state index >= 15 is 0 Å². The molecular formula is C9H16O4. The van der Waals surface area contributed by atoms with Gasteiger partial charge in [0.05, 0.1) is 6.42 Å². The number of Topliss-reactive ketones (excluding diaryl/α,β-unsaturated/α-hetero) is 2. The van der Waals surface area contributed by atoms with E-state index in [1.54, 1.807) is 0 Å². The lowest BCUT2D eigenvalue weighted by atomic mass is 10.1. The highest BCUT2D eigenvalue weighted by Gasteiger charge is 2.19. The summed E-state index contributed by atoms with van der Waals surface area (Å²) >= 11 is 0. The molecule has 4 nitrogen and oxygen atoms in total. The third kappa shape index (κ3) is 4.75. The van der Waals surface area contributed by atoms with E-state index in [1.165, 1.54) is 14.2 Å². The molecule has 0 heterocycles. The van der Waals surface area contributed by atoms with Crippen LogP contribution in [0.5, 0.6) is 0 Å². The highest BCUT2D eigenvalue weighted by Crippen LogP contribution is 2.01. The van der Waals surface area contributed by atoms with Crippen LogP contribution in [0, 0.1) is 0 Å². The molecule has 0 unspecified atom stereocenters. The lowest BCUT2D eigenvalue weighted by molar-refractivity contribution is -0.157. The summed E-state index contributed by atoms with van der Waals surface area (Å²) in [5.41, 5.74) is 0. The van der Waals surface area contributed by atoms with Crippen molar-refractivity contribution >= 4 is 11.6 Å². The monoisotopic (exact) mass is 188 g/mol. The van der Waals surface area contributed by atoms with E-state index in [4.69, 9.17) is 9.47 Å². The minimum atomic E-state index is -0.902. The van der Waals surface area contributed by atoms with E-state index in [0.29, 0.717) is 6.42 Å². The Labute approximate surface area is 78.2 Å². The smallest absolute Gasteiger partial charge is 0.217 e. The van der Waals surface area contributed by atoms with Gasteiger partial charge in [0.1, 0.15) is 5.78 Å². The van der Waals surface area contributed by atoms with Gasteiger partial charge in [-0.3, -0.25) is 9.59 Å². The molecule has 0 bridgehead atoms. The Bertz CT molecular complexity index is 172. The van der Waals surface area contributed by atoms with Gasteiger partial charge >= 0.3 is 0 Å². The number of ketones is 2. The Hall–Kier alpha value is -0.740. The molecule has 0 aliphatic carbocycles. The second-order valence-electron chi connectivity index (χ2n) is 2.74. The van der Waals surface area contributed by atoms with Crippen LogP contribution in [0.1, 0.15) is 26.2 Å². The van der Waals surface area contributed by atoms with Gasteiger partial charge in [-0.1, -0.05) is 6.92 Å². The number of hydrogen-bond acceptors (Lipinski definition) is 4. The SMILES string of the molecule is CCCC(=O)CC(=O)C(OC)OC. The van der Waals surface area contributed by atoms with E-state index in [9.17, 15) is 9.59 Å². The summed E-state index contributed by atoms with van der Waals surface area (Å²) in [7, 11) is 2.74. The summed E-state index contributed by atoms with van der Waals surface area (Å²) in [4.78, 5) is 22.3. The van der Waals surface area contributed by atoms with E-state index < -0.39 is 6.29 Å². The average molecular weight is 188 g/mol. The molecule has 4 heteroatoms. The van der Waals surface area contributed by atoms with Gasteiger partial charge in [0.15, 0.2) is 5.78 Å². The van der Waals surface area contributed by atoms with Crippen LogP contribution in [0.3, 0.4) is 0 Å². The molecule has 0 aliphatic heterocycles. The standard InChI is InChI=1S/C9H16O4/c1-4-5-7(10)6-8(11)9(12-2)13-3/h9H,4-6H2,1-3H3. The van der Waals surface area contributed by atoms with Crippen molar-refractivity contribution < 1.29 is 19.1 Å². The fourth-order valence-electron chi connectivity index (χ4n) is 1.00. The summed E-state index contributed by atoms with van der Waals surface area (Å²) in [6.07, 6.45) is 0.198. The molecular weight excluding hydrogens is 172 g/mol. The maximum atomic E-state index is 11.2. The molecule has 0 rings (SSSR count). The Morgan fingerprint density at radius 1 is 1.23 bits per heavy atom. The maximum absolute atomic E-state index is 11.2. The zero-order valence-corrected chi connectivity index (χ0v) is 8.33. The number of hydrogen-bond donors (Lipinski definition) is 0. The van der Waals surface area contributed by atoms with Crippen molar-refractivity contribution in [2.75, 3.05) is 14.2 Å². The van der Waals surface area contributed by atoms with Crippen molar-refractivity contribution in [3.05, 3.63) is 0 Å². The molecule has 0 aliphatic rings. The third-order valence-corrected chi connectivity index (χ3v) is 1.59. The number of carbonyl (C=O) groups excluding carboxylic acids is 2. The van der Waals surface area contributed by atoms with Crippen LogP contribution in [0.25, 0.3) is 0 Å². The van der Waals surface area contributed by atoms with Crippen LogP contribution in [0.4, 0.5) is 0 Å². The first-order chi connectivity index (χ1) is 6.15. The zero-order chi connectivity index (χ0) is 10.3. The van der Waals surface area contributed by atoms with Gasteiger partial charge in [-0.05, 0) is 6.42 Å². The average Bonchev–Trinajstić information content (AvgIpc) is 2.06. The predicted octanol–water partition coefficient (Wildman–Crippen LogP) is 0.934. The summed E-state index contributed by atoms with van der Waals surface area (Å²) < 4.78 is 9.43. The van der Waals surface area contributed by atoms with Crippen LogP contribution in [0.15, 0.2) is 0 Å². The summed E-state index contributed by atoms with van der Waals surface area (Å²) in [5, 5.41) is 0. The molecule has 0 spiro atoms. The van der Waals surface area contributed by atoms with E-state index in [2.05, 4.69) is 0 Å². The van der Waals surface area contributed by atoms with E-state index in [0.717, 1.165) is 6.42 Å². The minimum absolute atomic E-state index is 0.0633. The van der Waals surface area contributed by atoms with Crippen LogP contribution in [-0.4, -0.2) is 32.1 Å². The molecule has 0 N–H and O–H groups in total. The number of methoxy groups -OCH3 is 2. The van der Waals surface area contributed by atoms with Gasteiger partial charge < -0.3 is 9.47 Å². The minimum Gasteiger partial charge on any atom is -0.349 e. The van der Waals surface area contributed by atoms with Crippen molar-refractivity contribution in [3.63, 3.8) is 0 Å². The van der Waals surface area contributed by atoms with E-state index in [1.807, 2.05) is 6.92 Å². The number of carbonyl (C=O) groups is 2. The van der Waals surface area contributed by atoms with Gasteiger partial charge in [-0.2, -0.15) is 0 Å². The molecule has 0 fully saturated rings. The Morgan fingerprint density at radius 3 is 2.15 bits per heavy atom. The number of rotatable bonds is 7. The normalized spacial score (nSPS) is 10.5. The second-order valence-corrected chi connectivity index (χ2v) is 2.74. The molecule has 0 saturated carbocycles. The van der Waals surface area contributed by atoms with Gasteiger partial charge in [0.2, 0.25) is 6.29 Å². The molecule has 0 aromatic rings. The first-order valence-corrected chi connectivity index (χ1v) is 4.25. The Morgan fingerprint density at radius 2 is 1.77 bits per heavy atom. The lowest BCUT2D eigenvalue weighted by Crippen LogP contribution is -2.26. The van der Waals surface area contributed by atoms with E-state index in [-0.39, 0.29) is 18.0 Å². The number of ether oxygens (including phenoxy) is 2. The molecule has 13 heavy (non-hydrogen) atoms. The first-order valence-electron chi connectivity index (χ1n) is 4.25. The molecule has 76 valence electrons. The molecule has 0 amide bonds. The van der Waals surface area contributed by atoms with Gasteiger partial charge in [0.25, 0.3) is 0 Å². The van der Waals surface area contributed by atoms with Gasteiger partial charge in [0, 0.05) is 20.6 Å². The van der Waals surface area contributed by atoms with Crippen LogP contribution in [0.2, 0.25) is 0 Å². The Balaban J connectivity index is 3.90. The second kappa shape index (κ2) is 6.74. The van der Waals surface area contributed by atoms with Gasteiger partial charge in [-0.15, -0.1) is 0 Å². The molecule has 0 saturated heterocycles. The highest BCUT2D eigenvalue weighted by molar-refractivity contribution is 6.00. The summed E-state index contributed by atoms with van der Waals surface area (Å²) in [5.74, 6) is -0.380. The Kier molecular flexibility index (Phi) is 6.36. The van der Waals surface area contributed by atoms with Crippen molar-refractivity contribution in [1.29, 1.82) is 0 Å². The summed E-state index contributed by atoms with van der Waals surface area (Å²) in [6.45, 7) is 1.90. The lowest BCUT2D eigenvalue weighted by Gasteiger charge is -2.10. The topological polar surface area (TPSA) is 52.6 Å². The molecule has 0 aromatic heterocycles. The van der Waals surface area contributed by atoms with Crippen molar-refractivity contribution in [2.45, 2.75) is 32.5 Å². The van der Waals surface area contributed by atoms with Crippen molar-refractivity contribution in [1.82, 2.24) is 0 Å². The van der Waals surface area contributed by atoms with Crippen LogP contribution >= 0.6 is 0 Å². The first kappa shape index (κ1) is 12.3. The quantitative estimate of drug-likeness (QED) is 0.440. The molecule has 0 atom stereocenters. The molecule has 0 aromatic carbocycles. The highest BCUT2D eigenvalue weighted by atomic mass is 16.7. The van der Waals surface area contributed by atoms with Crippen LogP contribution in [-0.2, 0) is 19.1 Å². The summed E-state index contributed by atoms with van der Waals surface area (Å²) in [6, 6.07) is 0. The third-order valence-electron chi connectivity index (χ3n) is 1.59. The largest absolute Gasteiger partial charge is 0.349 e. The van der Waals surface area contributed by atoms with Gasteiger partial charge in [-0.25, -0.2) is 0 Å². The fourth-order valence-corrected chi connectivity index (χ4v) is 1.00.